The minimum atomic E-state index is -0.733. The quantitative estimate of drug-likeness (QED) is 0.487. The lowest BCUT2D eigenvalue weighted by Gasteiger charge is -2.20. The number of hydrogen-bond acceptors (Lipinski definition) is 4. The van der Waals surface area contributed by atoms with Crippen molar-refractivity contribution in [2.75, 3.05) is 11.9 Å². The molecule has 1 saturated carbocycles. The number of nitrogens with one attached hydrogen (secondary N) is 2. The van der Waals surface area contributed by atoms with Gasteiger partial charge < -0.3 is 20.1 Å². The topological polar surface area (TPSA) is 76.7 Å². The third kappa shape index (κ3) is 9.11. The molecule has 0 radical (unpaired) electrons. The number of benzene rings is 1. The monoisotopic (exact) mass is 390 g/mol. The number of carbonyl (C=O) groups is 2. The van der Waals surface area contributed by atoms with Crippen molar-refractivity contribution in [1.29, 1.82) is 0 Å². The minimum Gasteiger partial charge on any atom is -0.434 e. The molecule has 6 nitrogen and oxygen atoms in total. The van der Waals surface area contributed by atoms with Crippen LogP contribution in [0.3, 0.4) is 0 Å². The van der Waals surface area contributed by atoms with Crippen LogP contribution in [-0.2, 0) is 4.74 Å². The van der Waals surface area contributed by atoms with Crippen molar-refractivity contribution in [3.05, 3.63) is 24.3 Å². The number of amides is 2. The maximum absolute atomic E-state index is 12.4. The number of urea groups is 1. The number of hydrogen-bond donors (Lipinski definition) is 2. The highest BCUT2D eigenvalue weighted by Gasteiger charge is 2.13. The number of carbonyl (C=O) groups excluding carboxylic acids is 2. The molecule has 1 aromatic rings. The molecule has 28 heavy (non-hydrogen) atoms. The van der Waals surface area contributed by atoms with Crippen LogP contribution in [0.1, 0.15) is 77.6 Å². The van der Waals surface area contributed by atoms with Gasteiger partial charge in [-0.15, -0.1) is 0 Å². The van der Waals surface area contributed by atoms with Gasteiger partial charge in [-0.25, -0.2) is 9.59 Å². The summed E-state index contributed by atoms with van der Waals surface area (Å²) < 4.78 is 9.75. The smallest absolute Gasteiger partial charge is 0.434 e. The first kappa shape index (κ1) is 22.1. The molecular formula is C22H34N2O4. The SMILES string of the molecule is CCOC(=O)Oc1ccc(NC(=O)NC2CCCCCCCCCCC2)cc1. The van der Waals surface area contributed by atoms with Gasteiger partial charge >= 0.3 is 12.2 Å². The van der Waals surface area contributed by atoms with E-state index < -0.39 is 6.16 Å². The number of rotatable bonds is 4. The van der Waals surface area contributed by atoms with E-state index in [4.69, 9.17) is 9.47 Å². The van der Waals surface area contributed by atoms with Crippen LogP contribution < -0.4 is 15.4 Å². The highest BCUT2D eigenvalue weighted by Crippen LogP contribution is 2.18. The Balaban J connectivity index is 1.79. The molecule has 0 heterocycles. The molecular weight excluding hydrogens is 356 g/mol. The zero-order valence-corrected chi connectivity index (χ0v) is 17.0. The molecule has 0 atom stereocenters. The maximum Gasteiger partial charge on any atom is 0.513 e. The largest absolute Gasteiger partial charge is 0.513 e. The Bertz CT molecular complexity index is 577. The standard InChI is InChI=1S/C22H34N2O4/c1-2-27-22(26)28-20-16-14-19(15-17-20)24-21(25)23-18-12-10-8-6-4-3-5-7-9-11-13-18/h14-18H,2-13H2,1H3,(H2,23,24,25). The van der Waals surface area contributed by atoms with Crippen LogP contribution >= 0.6 is 0 Å². The first-order valence-corrected chi connectivity index (χ1v) is 10.7. The third-order valence-electron chi connectivity index (χ3n) is 5.02. The molecule has 1 aromatic carbocycles. The van der Waals surface area contributed by atoms with E-state index in [1.165, 1.54) is 57.8 Å². The summed E-state index contributed by atoms with van der Waals surface area (Å²) in [5.41, 5.74) is 0.655. The summed E-state index contributed by atoms with van der Waals surface area (Å²) in [4.78, 5) is 23.7. The van der Waals surface area contributed by atoms with Crippen LogP contribution in [0.2, 0.25) is 0 Å². The minimum absolute atomic E-state index is 0.184. The van der Waals surface area contributed by atoms with Gasteiger partial charge in [-0.3, -0.25) is 0 Å². The summed E-state index contributed by atoms with van der Waals surface area (Å²) in [6, 6.07) is 6.71. The second-order valence-corrected chi connectivity index (χ2v) is 7.36. The van der Waals surface area contributed by atoms with Gasteiger partial charge in [-0.1, -0.05) is 57.8 Å². The van der Waals surface area contributed by atoms with Crippen molar-refractivity contribution in [3.8, 4) is 5.75 Å². The fourth-order valence-corrected chi connectivity index (χ4v) is 3.51. The molecule has 6 heteroatoms. The second-order valence-electron chi connectivity index (χ2n) is 7.36. The molecule has 0 spiro atoms. The van der Waals surface area contributed by atoms with E-state index in [0.29, 0.717) is 11.4 Å². The van der Waals surface area contributed by atoms with E-state index in [2.05, 4.69) is 10.6 Å². The van der Waals surface area contributed by atoms with Crippen molar-refractivity contribution >= 4 is 17.9 Å². The van der Waals surface area contributed by atoms with Gasteiger partial charge in [0, 0.05) is 11.7 Å². The van der Waals surface area contributed by atoms with E-state index in [1.807, 2.05) is 0 Å². The van der Waals surface area contributed by atoms with Gasteiger partial charge in [0.25, 0.3) is 0 Å². The van der Waals surface area contributed by atoms with Gasteiger partial charge in [0.1, 0.15) is 5.75 Å². The molecule has 2 N–H and O–H groups in total. The lowest BCUT2D eigenvalue weighted by atomic mass is 9.98. The first-order valence-electron chi connectivity index (χ1n) is 10.7. The predicted molar refractivity (Wildman–Crippen MR) is 111 cm³/mol. The molecule has 0 unspecified atom stereocenters. The molecule has 1 aliphatic carbocycles. The Morgan fingerprint density at radius 1 is 0.893 bits per heavy atom. The zero-order chi connectivity index (χ0) is 20.0. The second kappa shape index (κ2) is 13.0. The average molecular weight is 391 g/mol. The molecule has 1 aliphatic rings. The lowest BCUT2D eigenvalue weighted by Crippen LogP contribution is -2.38. The molecule has 0 aromatic heterocycles. The molecule has 0 aliphatic heterocycles. The van der Waals surface area contributed by atoms with E-state index in [9.17, 15) is 9.59 Å². The van der Waals surface area contributed by atoms with Gasteiger partial charge in [-0.2, -0.15) is 0 Å². The lowest BCUT2D eigenvalue weighted by molar-refractivity contribution is 0.104. The fourth-order valence-electron chi connectivity index (χ4n) is 3.51. The van der Waals surface area contributed by atoms with Gasteiger partial charge in [0.2, 0.25) is 0 Å². The molecule has 156 valence electrons. The van der Waals surface area contributed by atoms with Crippen LogP contribution in [0.25, 0.3) is 0 Å². The van der Waals surface area contributed by atoms with Crippen molar-refractivity contribution in [2.24, 2.45) is 0 Å². The fraction of sp³-hybridized carbons (Fsp3) is 0.636. The molecule has 1 fully saturated rings. The van der Waals surface area contributed by atoms with E-state index >= 15 is 0 Å². The van der Waals surface area contributed by atoms with Gasteiger partial charge in [0.15, 0.2) is 0 Å². The summed E-state index contributed by atoms with van der Waals surface area (Å²) in [6.45, 7) is 1.98. The highest BCUT2D eigenvalue weighted by atomic mass is 16.7. The Morgan fingerprint density at radius 2 is 1.43 bits per heavy atom. The zero-order valence-electron chi connectivity index (χ0n) is 17.0. The van der Waals surface area contributed by atoms with Crippen molar-refractivity contribution < 1.29 is 19.1 Å². The van der Waals surface area contributed by atoms with Crippen LogP contribution in [0.5, 0.6) is 5.75 Å². The van der Waals surface area contributed by atoms with Crippen molar-refractivity contribution in [1.82, 2.24) is 5.32 Å². The molecule has 0 bridgehead atoms. The average Bonchev–Trinajstić information content (AvgIpc) is 2.66. The van der Waals surface area contributed by atoms with Crippen molar-refractivity contribution in [3.63, 3.8) is 0 Å². The molecule has 2 amide bonds. The first-order chi connectivity index (χ1) is 13.7. The highest BCUT2D eigenvalue weighted by molar-refractivity contribution is 5.89. The Kier molecular flexibility index (Phi) is 10.3. The van der Waals surface area contributed by atoms with Crippen LogP contribution in [-0.4, -0.2) is 24.8 Å². The number of ether oxygens (including phenoxy) is 2. The summed E-state index contributed by atoms with van der Waals surface area (Å²) in [6.07, 6.45) is 12.9. The Hall–Kier alpha value is -2.24. The maximum atomic E-state index is 12.4. The molecule has 0 saturated heterocycles. The Labute approximate surface area is 168 Å². The van der Waals surface area contributed by atoms with Gasteiger partial charge in [-0.05, 0) is 44.0 Å². The summed E-state index contributed by atoms with van der Waals surface area (Å²) in [5, 5.41) is 5.99. The van der Waals surface area contributed by atoms with Gasteiger partial charge in [0.05, 0.1) is 6.61 Å². The van der Waals surface area contributed by atoms with E-state index in [-0.39, 0.29) is 18.7 Å². The van der Waals surface area contributed by atoms with Crippen LogP contribution in [0, 0.1) is 0 Å². The van der Waals surface area contributed by atoms with Crippen LogP contribution in [0.4, 0.5) is 15.3 Å². The summed E-state index contributed by atoms with van der Waals surface area (Å²) >= 11 is 0. The normalized spacial score (nSPS) is 16.9. The summed E-state index contributed by atoms with van der Waals surface area (Å²) in [7, 11) is 0. The third-order valence-corrected chi connectivity index (χ3v) is 5.02. The summed E-state index contributed by atoms with van der Waals surface area (Å²) in [5.74, 6) is 0.378. The molecule has 2 rings (SSSR count). The van der Waals surface area contributed by atoms with Crippen molar-refractivity contribution in [2.45, 2.75) is 83.6 Å². The predicted octanol–water partition coefficient (Wildman–Crippen LogP) is 6.02. The van der Waals surface area contributed by atoms with Crippen LogP contribution in [0.15, 0.2) is 24.3 Å². The van der Waals surface area contributed by atoms with E-state index in [1.54, 1.807) is 31.2 Å². The number of anilines is 1. The van der Waals surface area contributed by atoms with E-state index in [0.717, 1.165) is 12.8 Å². The Morgan fingerprint density at radius 3 is 1.96 bits per heavy atom.